The predicted molar refractivity (Wildman–Crippen MR) is 392 cm³/mol. The van der Waals surface area contributed by atoms with E-state index in [9.17, 15) is 69.6 Å². The number of carbonyl (C=O) groups excluding carboxylic acids is 3. The molecular weight excluding hydrogens is 1620 g/mol. The number of allylic oxidation sites excluding steroid dienone is 1. The van der Waals surface area contributed by atoms with Crippen LogP contribution in [0.2, 0.25) is 45.2 Å². The first-order valence-electron chi connectivity index (χ1n) is 31.4. The average Bonchev–Trinajstić information content (AvgIpc) is 1.39. The van der Waals surface area contributed by atoms with E-state index < -0.39 is 93.3 Å². The molecule has 0 saturated carbocycles. The number of hydrogen-bond donors (Lipinski definition) is 9. The van der Waals surface area contributed by atoms with Gasteiger partial charge in [-0.2, -0.15) is 4.39 Å². The minimum Gasteiger partial charge on any atom is -0.507 e. The van der Waals surface area contributed by atoms with E-state index in [1.54, 1.807) is 55.5 Å². The number of ether oxygens (including phenoxy) is 6. The number of esters is 3. The van der Waals surface area contributed by atoms with E-state index in [2.05, 4.69) is 0 Å². The summed E-state index contributed by atoms with van der Waals surface area (Å²) in [5.41, 5.74) is -4.01. The number of benzene rings is 10. The van der Waals surface area contributed by atoms with E-state index in [1.807, 2.05) is 6.07 Å². The summed E-state index contributed by atoms with van der Waals surface area (Å²) in [6, 6.07) is 29.4. The number of aromatic hydroxyl groups is 5. The number of carboxylic acid groups (broad SMARTS) is 3. The SMILES string of the molecule is Cc1c(O)c(Cl)cc2c1OC1C(Cl)=C(O)C(CCC(=O)O)=CC1C21OC(=O)c2cc(Cl)c(Cl)cc21.O=C(O)c1cc(Cl)c2c(c1Cl)C1(OC2=O)c2cc(Cl)c(O)cc2Oc2c(F)c(O)c3ccccc3c21.O=C(O)c1cc(Cl)c2c(c1Cl)C1(OC2=O)c2cc(Cl)c(O)cc2Oc2cc(O)c(-c3ccccc3)cc21. The summed E-state index contributed by atoms with van der Waals surface area (Å²) in [6.07, 6.45) is 0.267. The highest BCUT2D eigenvalue weighted by molar-refractivity contribution is 6.43. The Labute approximate surface area is 655 Å². The molecule has 546 valence electrons. The van der Waals surface area contributed by atoms with Gasteiger partial charge in [0.05, 0.1) is 84.5 Å². The quantitative estimate of drug-likeness (QED) is 0.0551. The van der Waals surface area contributed by atoms with Crippen molar-refractivity contribution in [2.24, 2.45) is 5.92 Å². The van der Waals surface area contributed by atoms with Crippen LogP contribution in [0.1, 0.15) is 115 Å². The smallest absolute Gasteiger partial charge is 0.341 e. The zero-order valence-electron chi connectivity index (χ0n) is 53.8. The molecule has 108 heavy (non-hydrogen) atoms. The normalized spacial score (nSPS) is 19.5. The number of rotatable bonds is 6. The first-order chi connectivity index (χ1) is 51.2. The minimum absolute atomic E-state index is 0.00242. The lowest BCUT2D eigenvalue weighted by Crippen LogP contribution is -2.50. The van der Waals surface area contributed by atoms with Gasteiger partial charge in [0.15, 0.2) is 28.3 Å². The van der Waals surface area contributed by atoms with Gasteiger partial charge in [-0.3, -0.25) is 4.79 Å². The molecular formula is C76H39Cl10FO21. The van der Waals surface area contributed by atoms with Crippen LogP contribution < -0.4 is 14.2 Å². The highest BCUT2D eigenvalue weighted by atomic mass is 35.5. The number of carboxylic acids is 3. The summed E-state index contributed by atoms with van der Waals surface area (Å²) < 4.78 is 51.6. The maximum Gasteiger partial charge on any atom is 0.341 e. The Morgan fingerprint density at radius 2 is 1.00 bits per heavy atom. The molecule has 32 heteroatoms. The van der Waals surface area contributed by atoms with Gasteiger partial charge in [-0.05, 0) is 78.4 Å². The maximum atomic E-state index is 15.6. The van der Waals surface area contributed by atoms with Gasteiger partial charge in [0.2, 0.25) is 5.82 Å². The van der Waals surface area contributed by atoms with E-state index in [1.165, 1.54) is 54.6 Å². The summed E-state index contributed by atoms with van der Waals surface area (Å²) in [5, 5.41) is 91.1. The van der Waals surface area contributed by atoms with Crippen molar-refractivity contribution >= 4 is 163 Å². The second-order valence-corrected chi connectivity index (χ2v) is 29.1. The van der Waals surface area contributed by atoms with Crippen LogP contribution in [0, 0.1) is 18.7 Å². The Morgan fingerprint density at radius 1 is 0.491 bits per heavy atom. The number of carbonyl (C=O) groups is 6. The lowest BCUT2D eigenvalue weighted by molar-refractivity contribution is -0.137. The second kappa shape index (κ2) is 26.3. The number of hydrogen-bond acceptors (Lipinski definition) is 18. The van der Waals surface area contributed by atoms with Gasteiger partial charge >= 0.3 is 35.8 Å². The van der Waals surface area contributed by atoms with Gasteiger partial charge in [-0.25, -0.2) is 24.0 Å². The highest BCUT2D eigenvalue weighted by Crippen LogP contribution is 2.66. The van der Waals surface area contributed by atoms with Crippen molar-refractivity contribution in [1.82, 2.24) is 0 Å². The van der Waals surface area contributed by atoms with E-state index in [0.717, 1.165) is 18.2 Å². The van der Waals surface area contributed by atoms with Crippen molar-refractivity contribution in [1.29, 1.82) is 0 Å². The zero-order chi connectivity index (χ0) is 77.3. The van der Waals surface area contributed by atoms with Crippen LogP contribution in [0.4, 0.5) is 4.39 Å². The van der Waals surface area contributed by atoms with Crippen molar-refractivity contribution in [3.8, 4) is 68.6 Å². The number of aliphatic hydroxyl groups excluding tert-OH is 1. The minimum atomic E-state index is -2.10. The fraction of sp³-hybridized carbons (Fsp3) is 0.105. The van der Waals surface area contributed by atoms with Crippen LogP contribution in [0.15, 0.2) is 144 Å². The molecule has 0 amide bonds. The monoisotopic (exact) mass is 1660 g/mol. The molecule has 9 N–H and O–H groups in total. The molecule has 6 aliphatic heterocycles. The molecule has 0 aromatic heterocycles. The molecule has 5 atom stereocenters. The number of aliphatic hydroxyl groups is 1. The first kappa shape index (κ1) is 73.3. The fourth-order valence-electron chi connectivity index (χ4n) is 14.7. The largest absolute Gasteiger partial charge is 0.507 e. The van der Waals surface area contributed by atoms with Crippen molar-refractivity contribution < 1.29 is 108 Å². The van der Waals surface area contributed by atoms with E-state index in [-0.39, 0.29) is 187 Å². The van der Waals surface area contributed by atoms with Crippen LogP contribution >= 0.6 is 116 Å². The number of phenolic OH excluding ortho intramolecular Hbond substituents is 5. The van der Waals surface area contributed by atoms with Crippen LogP contribution in [-0.2, 0) is 35.8 Å². The van der Waals surface area contributed by atoms with E-state index in [4.69, 9.17) is 150 Å². The maximum absolute atomic E-state index is 15.6. The van der Waals surface area contributed by atoms with Crippen LogP contribution in [0.3, 0.4) is 0 Å². The average molecular weight is 1660 g/mol. The third kappa shape index (κ3) is 10.8. The van der Waals surface area contributed by atoms with Gasteiger partial charge < -0.3 is 74.4 Å². The molecule has 0 fully saturated rings. The Balaban J connectivity index is 0.000000129. The predicted octanol–water partition coefficient (Wildman–Crippen LogP) is 19.9. The summed E-state index contributed by atoms with van der Waals surface area (Å²) in [6.45, 7) is 1.58. The third-order valence-corrected chi connectivity index (χ3v) is 22.8. The van der Waals surface area contributed by atoms with Gasteiger partial charge in [0.25, 0.3) is 0 Å². The zero-order valence-corrected chi connectivity index (χ0v) is 61.3. The lowest BCUT2D eigenvalue weighted by atomic mass is 9.68. The van der Waals surface area contributed by atoms with Crippen molar-refractivity contribution in [3.05, 3.63) is 273 Å². The Morgan fingerprint density at radius 3 is 1.59 bits per heavy atom. The van der Waals surface area contributed by atoms with Crippen LogP contribution in [0.25, 0.3) is 21.9 Å². The van der Waals surface area contributed by atoms with Crippen molar-refractivity contribution in [2.75, 3.05) is 0 Å². The Kier molecular flexibility index (Phi) is 17.8. The molecule has 10 aromatic carbocycles. The van der Waals surface area contributed by atoms with Gasteiger partial charge in [-0.1, -0.05) is 177 Å². The standard InChI is InChI=1S/C27H13Cl3O7.C25H10Cl3FO7.C24H16Cl4O7/c28-16-8-15-21(10-19(16)32)36-20-9-18(31)12(11-4-2-1-3-5-11)6-14(20)27(15)23-22(26(35)37-27)17(29)7-13(24(23)30)25(33)34;26-12-6-11-15(7-14(12)30)35-22-17(8-3-1-2-4-9(8)21(31)20(22)29)25(11)18-16(24(34)36-25)13(27)5-10(19(18)28)23(32)33;1-8-19(31)16(27)7-13-21(8)34-22-12(4-9(2-3-17(29)30)20(32)18(22)28)24(13)11-6-15(26)14(25)5-10(11)23(33)35-24/h1-10,31-32H,(H,33,34);1-7,30-31H,(H,32,33);4-7,12,22,31-32H,2-3H2,1H3,(H,29,30). The topological polar surface area (TPSA) is 340 Å². The lowest BCUT2D eigenvalue weighted by Gasteiger charge is -2.47. The first-order valence-corrected chi connectivity index (χ1v) is 35.2. The summed E-state index contributed by atoms with van der Waals surface area (Å²) in [5.74, 6) is -10.9. The Hall–Kier alpha value is -10.2. The third-order valence-electron chi connectivity index (χ3n) is 19.4. The molecule has 3 spiro atoms. The molecule has 1 aliphatic carbocycles. The number of fused-ring (bicyclic) bond motifs is 20. The molecule has 0 saturated heterocycles. The number of halogens is 11. The van der Waals surface area contributed by atoms with Crippen molar-refractivity contribution in [2.45, 2.75) is 42.7 Å². The molecule has 21 nitrogen and oxygen atoms in total. The molecule has 0 radical (unpaired) electrons. The van der Waals surface area contributed by atoms with Gasteiger partial charge in [-0.15, -0.1) is 0 Å². The summed E-state index contributed by atoms with van der Waals surface area (Å²) in [4.78, 5) is 74.9. The van der Waals surface area contributed by atoms with Crippen molar-refractivity contribution in [3.63, 3.8) is 0 Å². The fourth-order valence-corrected chi connectivity index (χ4v) is 17.2. The van der Waals surface area contributed by atoms with Crippen LogP contribution in [0.5, 0.6) is 57.5 Å². The van der Waals surface area contributed by atoms with E-state index in [0.29, 0.717) is 22.3 Å². The molecule has 10 aromatic rings. The molecule has 5 unspecified atom stereocenters. The van der Waals surface area contributed by atoms with Crippen LogP contribution in [-0.4, -0.2) is 87.9 Å². The molecule has 7 aliphatic rings. The molecule has 6 heterocycles. The molecule has 17 rings (SSSR count). The summed E-state index contributed by atoms with van der Waals surface area (Å²) >= 11 is 63.9. The second-order valence-electron chi connectivity index (χ2n) is 25.1. The number of aliphatic carboxylic acids is 1. The summed E-state index contributed by atoms with van der Waals surface area (Å²) in [7, 11) is 0. The highest BCUT2D eigenvalue weighted by Gasteiger charge is 2.63. The van der Waals surface area contributed by atoms with Gasteiger partial charge in [0, 0.05) is 80.1 Å². The number of phenols is 5. The Bertz CT molecular complexity index is 5930. The van der Waals surface area contributed by atoms with Gasteiger partial charge in [0.1, 0.15) is 62.9 Å². The molecule has 0 bridgehead atoms. The van der Waals surface area contributed by atoms with E-state index >= 15 is 4.39 Å². The number of aromatic carboxylic acids is 2.